The first-order valence-corrected chi connectivity index (χ1v) is 6.15. The molecular formula is C12H8BrClN2O2. The lowest BCUT2D eigenvalue weighted by molar-refractivity contribution is 0.102. The van der Waals surface area contributed by atoms with Gasteiger partial charge in [-0.2, -0.15) is 0 Å². The maximum Gasteiger partial charge on any atom is 0.260 e. The van der Waals surface area contributed by atoms with E-state index in [1.807, 2.05) is 0 Å². The average Bonchev–Trinajstić information content (AvgIpc) is 2.32. The van der Waals surface area contributed by atoms with Gasteiger partial charge >= 0.3 is 0 Å². The summed E-state index contributed by atoms with van der Waals surface area (Å²) in [7, 11) is 0. The summed E-state index contributed by atoms with van der Waals surface area (Å²) >= 11 is 9.05. The molecule has 0 aliphatic heterocycles. The van der Waals surface area contributed by atoms with Gasteiger partial charge < -0.3 is 10.4 Å². The molecule has 0 fully saturated rings. The molecule has 0 saturated carbocycles. The Labute approximate surface area is 117 Å². The van der Waals surface area contributed by atoms with Gasteiger partial charge in [0.2, 0.25) is 0 Å². The molecule has 0 aliphatic carbocycles. The van der Waals surface area contributed by atoms with Crippen LogP contribution in [0.1, 0.15) is 10.4 Å². The Balaban J connectivity index is 2.24. The first-order valence-electron chi connectivity index (χ1n) is 4.97. The number of carbonyl (C=O) groups is 1. The van der Waals surface area contributed by atoms with Crippen LogP contribution in [0.2, 0.25) is 5.02 Å². The van der Waals surface area contributed by atoms with Crippen molar-refractivity contribution in [2.45, 2.75) is 0 Å². The second-order valence-electron chi connectivity index (χ2n) is 3.47. The van der Waals surface area contributed by atoms with Crippen LogP contribution in [0.3, 0.4) is 0 Å². The third-order valence-corrected chi connectivity index (χ3v) is 2.90. The molecule has 4 nitrogen and oxygen atoms in total. The smallest absolute Gasteiger partial charge is 0.260 e. The number of amides is 1. The van der Waals surface area contributed by atoms with Crippen LogP contribution in [0.4, 0.5) is 5.82 Å². The summed E-state index contributed by atoms with van der Waals surface area (Å²) in [5, 5.41) is 12.5. The van der Waals surface area contributed by atoms with Crippen LogP contribution in [0.5, 0.6) is 5.75 Å². The van der Waals surface area contributed by atoms with Gasteiger partial charge in [0.15, 0.2) is 0 Å². The molecule has 2 rings (SSSR count). The number of nitrogens with zero attached hydrogens (tertiary/aromatic N) is 1. The molecule has 0 saturated heterocycles. The standard InChI is InChI=1S/C12H8BrClN2O2/c13-7-3-4-15-11(5-7)16-12(18)9-6-8(14)1-2-10(9)17/h1-6,17H,(H,15,16,18). The van der Waals surface area contributed by atoms with E-state index in [-0.39, 0.29) is 11.3 Å². The summed E-state index contributed by atoms with van der Waals surface area (Å²) in [5.74, 6) is -0.221. The predicted molar refractivity (Wildman–Crippen MR) is 73.0 cm³/mol. The first kappa shape index (κ1) is 12.9. The van der Waals surface area contributed by atoms with E-state index in [2.05, 4.69) is 26.2 Å². The number of carbonyl (C=O) groups excluding carboxylic acids is 1. The van der Waals surface area contributed by atoms with E-state index in [0.717, 1.165) is 4.47 Å². The lowest BCUT2D eigenvalue weighted by atomic mass is 10.2. The Morgan fingerprint density at radius 2 is 2.11 bits per heavy atom. The van der Waals surface area contributed by atoms with Crippen LogP contribution in [0, 0.1) is 0 Å². The molecule has 0 bridgehead atoms. The van der Waals surface area contributed by atoms with Crippen LogP contribution in [-0.2, 0) is 0 Å². The van der Waals surface area contributed by atoms with Crippen molar-refractivity contribution >= 4 is 39.3 Å². The highest BCUT2D eigenvalue weighted by Gasteiger charge is 2.12. The molecule has 18 heavy (non-hydrogen) atoms. The number of aromatic nitrogens is 1. The fraction of sp³-hybridized carbons (Fsp3) is 0. The van der Waals surface area contributed by atoms with Gasteiger partial charge in [-0.1, -0.05) is 27.5 Å². The lowest BCUT2D eigenvalue weighted by Crippen LogP contribution is -2.13. The minimum absolute atomic E-state index is 0.101. The number of nitrogens with one attached hydrogen (secondary N) is 1. The largest absolute Gasteiger partial charge is 0.507 e. The van der Waals surface area contributed by atoms with Crippen LogP contribution in [-0.4, -0.2) is 16.0 Å². The van der Waals surface area contributed by atoms with Gasteiger partial charge in [-0.25, -0.2) is 4.98 Å². The van der Waals surface area contributed by atoms with Crippen molar-refractivity contribution in [1.82, 2.24) is 4.98 Å². The highest BCUT2D eigenvalue weighted by Crippen LogP contribution is 2.22. The van der Waals surface area contributed by atoms with Gasteiger partial charge in [0.25, 0.3) is 5.91 Å². The monoisotopic (exact) mass is 326 g/mol. The van der Waals surface area contributed by atoms with Crippen molar-refractivity contribution in [1.29, 1.82) is 0 Å². The zero-order valence-corrected chi connectivity index (χ0v) is 11.4. The summed E-state index contributed by atoms with van der Waals surface area (Å²) in [6.45, 7) is 0. The Morgan fingerprint density at radius 3 is 2.83 bits per heavy atom. The number of phenolic OH excluding ortho intramolecular Hbond substituents is 1. The topological polar surface area (TPSA) is 62.2 Å². The molecule has 1 amide bonds. The number of anilines is 1. The van der Waals surface area contributed by atoms with E-state index < -0.39 is 5.91 Å². The Hall–Kier alpha value is -1.59. The molecule has 92 valence electrons. The second kappa shape index (κ2) is 5.37. The van der Waals surface area contributed by atoms with Crippen LogP contribution in [0.25, 0.3) is 0 Å². The molecule has 0 aliphatic rings. The normalized spacial score (nSPS) is 10.1. The van der Waals surface area contributed by atoms with E-state index in [1.165, 1.54) is 18.2 Å². The number of hydrogen-bond acceptors (Lipinski definition) is 3. The van der Waals surface area contributed by atoms with E-state index in [1.54, 1.807) is 18.3 Å². The van der Waals surface area contributed by atoms with Crippen LogP contribution in [0.15, 0.2) is 41.0 Å². The molecule has 0 spiro atoms. The van der Waals surface area contributed by atoms with Crippen LogP contribution < -0.4 is 5.32 Å². The summed E-state index contributed by atoms with van der Waals surface area (Å²) in [4.78, 5) is 15.9. The number of benzene rings is 1. The molecule has 0 atom stereocenters. The van der Waals surface area contributed by atoms with Crippen molar-refractivity contribution in [3.63, 3.8) is 0 Å². The molecule has 0 radical (unpaired) electrons. The maximum atomic E-state index is 11.9. The number of rotatable bonds is 2. The van der Waals surface area contributed by atoms with Gasteiger partial charge in [0.05, 0.1) is 5.56 Å². The fourth-order valence-electron chi connectivity index (χ4n) is 1.35. The molecule has 1 aromatic carbocycles. The van der Waals surface area contributed by atoms with Gasteiger partial charge in [0.1, 0.15) is 11.6 Å². The van der Waals surface area contributed by atoms with Crippen molar-refractivity contribution in [3.05, 3.63) is 51.6 Å². The third-order valence-electron chi connectivity index (χ3n) is 2.17. The number of phenols is 1. The SMILES string of the molecule is O=C(Nc1cc(Br)ccn1)c1cc(Cl)ccc1O. The number of pyridine rings is 1. The predicted octanol–water partition coefficient (Wildman–Crippen LogP) is 3.46. The zero-order valence-electron chi connectivity index (χ0n) is 9.02. The molecule has 0 unspecified atom stereocenters. The minimum atomic E-state index is -0.472. The van der Waals surface area contributed by atoms with E-state index >= 15 is 0 Å². The van der Waals surface area contributed by atoms with E-state index in [4.69, 9.17) is 11.6 Å². The van der Waals surface area contributed by atoms with E-state index in [9.17, 15) is 9.90 Å². The second-order valence-corrected chi connectivity index (χ2v) is 4.83. The Morgan fingerprint density at radius 1 is 1.33 bits per heavy atom. The maximum absolute atomic E-state index is 11.9. The van der Waals surface area contributed by atoms with Gasteiger partial charge in [0, 0.05) is 15.7 Å². The summed E-state index contributed by atoms with van der Waals surface area (Å²) in [6, 6.07) is 7.66. The molecule has 1 heterocycles. The Kier molecular flexibility index (Phi) is 3.84. The summed E-state index contributed by atoms with van der Waals surface area (Å²) < 4.78 is 0.795. The van der Waals surface area contributed by atoms with Gasteiger partial charge in [-0.3, -0.25) is 4.79 Å². The number of hydrogen-bond donors (Lipinski definition) is 2. The number of aromatic hydroxyl groups is 1. The first-order chi connectivity index (χ1) is 8.56. The van der Waals surface area contributed by atoms with Crippen molar-refractivity contribution in [2.75, 3.05) is 5.32 Å². The minimum Gasteiger partial charge on any atom is -0.507 e. The summed E-state index contributed by atoms with van der Waals surface area (Å²) in [5.41, 5.74) is 0.101. The van der Waals surface area contributed by atoms with Gasteiger partial charge in [-0.15, -0.1) is 0 Å². The highest BCUT2D eigenvalue weighted by molar-refractivity contribution is 9.10. The third kappa shape index (κ3) is 3.00. The average molecular weight is 328 g/mol. The van der Waals surface area contributed by atoms with Crippen molar-refractivity contribution in [3.8, 4) is 5.75 Å². The number of halogens is 2. The molecule has 2 aromatic rings. The molecular weight excluding hydrogens is 320 g/mol. The lowest BCUT2D eigenvalue weighted by Gasteiger charge is -2.06. The fourth-order valence-corrected chi connectivity index (χ4v) is 1.85. The zero-order chi connectivity index (χ0) is 13.1. The van der Waals surface area contributed by atoms with Crippen LogP contribution >= 0.6 is 27.5 Å². The highest BCUT2D eigenvalue weighted by atomic mass is 79.9. The molecule has 1 aromatic heterocycles. The van der Waals surface area contributed by atoms with Crippen molar-refractivity contribution < 1.29 is 9.90 Å². The van der Waals surface area contributed by atoms with Crippen molar-refractivity contribution in [2.24, 2.45) is 0 Å². The van der Waals surface area contributed by atoms with E-state index in [0.29, 0.717) is 10.8 Å². The molecule has 2 N–H and O–H groups in total. The quantitative estimate of drug-likeness (QED) is 0.888. The molecule has 6 heteroatoms. The summed E-state index contributed by atoms with van der Waals surface area (Å²) in [6.07, 6.45) is 1.55. The van der Waals surface area contributed by atoms with Gasteiger partial charge in [-0.05, 0) is 30.3 Å². The Bertz CT molecular complexity index is 604.